The Morgan fingerprint density at radius 1 is 1.31 bits per heavy atom. The van der Waals surface area contributed by atoms with Gasteiger partial charge in [-0.2, -0.15) is 0 Å². The van der Waals surface area contributed by atoms with Crippen molar-refractivity contribution in [3.8, 4) is 11.4 Å². The number of nitro groups is 1. The van der Waals surface area contributed by atoms with Crippen LogP contribution in [0.5, 0.6) is 0 Å². The van der Waals surface area contributed by atoms with Gasteiger partial charge in [0.2, 0.25) is 0 Å². The Morgan fingerprint density at radius 2 is 2.12 bits per heavy atom. The number of nitrogens with zero attached hydrogens (tertiary/aromatic N) is 5. The fourth-order valence-electron chi connectivity index (χ4n) is 2.94. The van der Waals surface area contributed by atoms with Crippen LogP contribution in [0.1, 0.15) is 16.1 Å². The minimum atomic E-state index is -0.386. The topological polar surface area (TPSA) is 118 Å². The fraction of sp³-hybridized carbons (Fsp3) is 0.250. The normalized spacial score (nSPS) is 14.2. The maximum Gasteiger partial charge on any atom is 0.324 e. The van der Waals surface area contributed by atoms with Crippen LogP contribution in [0, 0.1) is 10.1 Å². The van der Waals surface area contributed by atoms with E-state index in [9.17, 15) is 14.9 Å². The molecule has 0 amide bonds. The Morgan fingerprint density at radius 3 is 2.85 bits per heavy atom. The summed E-state index contributed by atoms with van der Waals surface area (Å²) in [5.74, 6) is 0.469. The number of nitrogens with one attached hydrogen (secondary N) is 1. The molecule has 0 saturated carbocycles. The van der Waals surface area contributed by atoms with Gasteiger partial charge in [0.25, 0.3) is 5.56 Å². The Labute approximate surface area is 151 Å². The molecular formula is C16H14N6O3S. The van der Waals surface area contributed by atoms with Gasteiger partial charge in [0.15, 0.2) is 0 Å². The summed E-state index contributed by atoms with van der Waals surface area (Å²) in [6.07, 6.45) is 5.28. The van der Waals surface area contributed by atoms with Gasteiger partial charge < -0.3 is 4.98 Å². The highest BCUT2D eigenvalue weighted by Crippen LogP contribution is 2.26. The largest absolute Gasteiger partial charge is 0.324 e. The molecule has 0 unspecified atom stereocenters. The number of aromatic amines is 1. The van der Waals surface area contributed by atoms with Crippen LogP contribution in [0.4, 0.5) is 5.00 Å². The van der Waals surface area contributed by atoms with Gasteiger partial charge in [0, 0.05) is 49.4 Å². The van der Waals surface area contributed by atoms with Gasteiger partial charge in [-0.15, -0.1) is 0 Å². The molecule has 3 aromatic rings. The lowest BCUT2D eigenvalue weighted by molar-refractivity contribution is -0.380. The monoisotopic (exact) mass is 370 g/mol. The average Bonchev–Trinajstić information content (AvgIpc) is 3.12. The van der Waals surface area contributed by atoms with Crippen LogP contribution < -0.4 is 5.56 Å². The molecular weight excluding hydrogens is 356 g/mol. The van der Waals surface area contributed by atoms with Crippen LogP contribution in [0.3, 0.4) is 0 Å². The zero-order chi connectivity index (χ0) is 18.1. The van der Waals surface area contributed by atoms with Crippen molar-refractivity contribution in [1.29, 1.82) is 0 Å². The Bertz CT molecular complexity index is 1020. The van der Waals surface area contributed by atoms with Crippen LogP contribution in [0.25, 0.3) is 11.4 Å². The van der Waals surface area contributed by atoms with Gasteiger partial charge in [0.05, 0.1) is 21.7 Å². The molecule has 1 N–H and O–H groups in total. The number of aromatic nitrogens is 4. The molecule has 0 fully saturated rings. The number of hydrogen-bond acceptors (Lipinski definition) is 8. The second kappa shape index (κ2) is 6.73. The Kier molecular flexibility index (Phi) is 4.27. The van der Waals surface area contributed by atoms with E-state index >= 15 is 0 Å². The minimum Gasteiger partial charge on any atom is -0.306 e. The van der Waals surface area contributed by atoms with Crippen molar-refractivity contribution < 1.29 is 4.92 Å². The predicted octanol–water partition coefficient (Wildman–Crippen LogP) is 1.75. The van der Waals surface area contributed by atoms with E-state index in [4.69, 9.17) is 0 Å². The summed E-state index contributed by atoms with van der Waals surface area (Å²) >= 11 is 1.16. The highest BCUT2D eigenvalue weighted by molar-refractivity contribution is 7.15. The van der Waals surface area contributed by atoms with Gasteiger partial charge in [-0.1, -0.05) is 11.3 Å². The van der Waals surface area contributed by atoms with E-state index in [1.54, 1.807) is 18.5 Å². The van der Waals surface area contributed by atoms with E-state index in [2.05, 4.69) is 24.8 Å². The Hall–Kier alpha value is -2.98. The maximum absolute atomic E-state index is 12.5. The summed E-state index contributed by atoms with van der Waals surface area (Å²) in [7, 11) is 0. The van der Waals surface area contributed by atoms with Crippen LogP contribution in [0.2, 0.25) is 0 Å². The molecule has 1 aliphatic rings. The molecule has 0 radical (unpaired) electrons. The first-order chi connectivity index (χ1) is 12.6. The van der Waals surface area contributed by atoms with Gasteiger partial charge >= 0.3 is 5.00 Å². The lowest BCUT2D eigenvalue weighted by Gasteiger charge is -2.27. The molecule has 26 heavy (non-hydrogen) atoms. The molecule has 1 aliphatic heterocycles. The predicted molar refractivity (Wildman–Crippen MR) is 94.7 cm³/mol. The third-order valence-corrected chi connectivity index (χ3v) is 5.21. The van der Waals surface area contributed by atoms with E-state index in [1.807, 2.05) is 0 Å². The number of fused-ring (bicyclic) bond motifs is 1. The highest BCUT2D eigenvalue weighted by Gasteiger charge is 2.22. The first-order valence-electron chi connectivity index (χ1n) is 7.93. The third kappa shape index (κ3) is 3.24. The number of thiophene rings is 1. The zero-order valence-electron chi connectivity index (χ0n) is 13.6. The van der Waals surface area contributed by atoms with Crippen molar-refractivity contribution in [2.24, 2.45) is 0 Å². The molecule has 0 aromatic carbocycles. The zero-order valence-corrected chi connectivity index (χ0v) is 14.4. The SMILES string of the molecule is O=c1[nH]c(-c2cncnc2)nc2c1CN(Cc1ccc([N+](=O)[O-])s1)CC2. The van der Waals surface area contributed by atoms with E-state index < -0.39 is 0 Å². The number of rotatable bonds is 4. The molecule has 9 nitrogen and oxygen atoms in total. The van der Waals surface area contributed by atoms with Crippen molar-refractivity contribution in [2.75, 3.05) is 6.54 Å². The maximum atomic E-state index is 12.5. The molecule has 132 valence electrons. The van der Waals surface area contributed by atoms with Crippen LogP contribution in [-0.4, -0.2) is 36.3 Å². The average molecular weight is 370 g/mol. The Balaban J connectivity index is 1.55. The summed E-state index contributed by atoms with van der Waals surface area (Å²) in [5, 5.41) is 10.9. The summed E-state index contributed by atoms with van der Waals surface area (Å²) in [6.45, 7) is 1.78. The number of H-pyrrole nitrogens is 1. The van der Waals surface area contributed by atoms with Crippen molar-refractivity contribution in [3.05, 3.63) is 67.5 Å². The minimum absolute atomic E-state index is 0.131. The molecule has 0 bridgehead atoms. The summed E-state index contributed by atoms with van der Waals surface area (Å²) in [5.41, 5.74) is 1.92. The molecule has 0 atom stereocenters. The lowest BCUT2D eigenvalue weighted by atomic mass is 10.1. The van der Waals surface area contributed by atoms with E-state index in [0.29, 0.717) is 36.5 Å². The van der Waals surface area contributed by atoms with E-state index in [-0.39, 0.29) is 15.5 Å². The quantitative estimate of drug-likeness (QED) is 0.549. The van der Waals surface area contributed by atoms with Crippen LogP contribution in [0.15, 0.2) is 35.6 Å². The molecule has 0 saturated heterocycles. The second-order valence-corrected chi connectivity index (χ2v) is 7.07. The number of hydrogen-bond donors (Lipinski definition) is 1. The molecule has 4 rings (SSSR count). The van der Waals surface area contributed by atoms with Gasteiger partial charge in [-0.05, 0) is 6.07 Å². The van der Waals surface area contributed by atoms with E-state index in [1.165, 1.54) is 12.4 Å². The van der Waals surface area contributed by atoms with Gasteiger partial charge in [0.1, 0.15) is 12.2 Å². The van der Waals surface area contributed by atoms with Crippen molar-refractivity contribution in [3.63, 3.8) is 0 Å². The third-order valence-electron chi connectivity index (χ3n) is 4.19. The van der Waals surface area contributed by atoms with Crippen molar-refractivity contribution >= 4 is 16.3 Å². The van der Waals surface area contributed by atoms with Gasteiger partial charge in [-0.3, -0.25) is 19.8 Å². The fourth-order valence-corrected chi connectivity index (χ4v) is 3.81. The second-order valence-electron chi connectivity index (χ2n) is 5.92. The highest BCUT2D eigenvalue weighted by atomic mass is 32.1. The molecule has 3 aromatic heterocycles. The van der Waals surface area contributed by atoms with E-state index in [0.717, 1.165) is 28.5 Å². The summed E-state index contributed by atoms with van der Waals surface area (Å²) in [6, 6.07) is 3.28. The van der Waals surface area contributed by atoms with Crippen LogP contribution >= 0.6 is 11.3 Å². The first-order valence-corrected chi connectivity index (χ1v) is 8.75. The van der Waals surface area contributed by atoms with Crippen LogP contribution in [-0.2, 0) is 19.5 Å². The molecule has 0 aliphatic carbocycles. The lowest BCUT2D eigenvalue weighted by Crippen LogP contribution is -2.35. The van der Waals surface area contributed by atoms with Crippen molar-refractivity contribution in [2.45, 2.75) is 19.5 Å². The van der Waals surface area contributed by atoms with Gasteiger partial charge in [-0.25, -0.2) is 15.0 Å². The molecule has 4 heterocycles. The molecule has 0 spiro atoms. The first kappa shape index (κ1) is 16.5. The van der Waals surface area contributed by atoms with Crippen molar-refractivity contribution in [1.82, 2.24) is 24.8 Å². The summed E-state index contributed by atoms with van der Waals surface area (Å²) < 4.78 is 0. The summed E-state index contributed by atoms with van der Waals surface area (Å²) in [4.78, 5) is 41.2. The smallest absolute Gasteiger partial charge is 0.306 e. The standard InChI is InChI=1S/C16H14N6O3S/c23-16-12-8-21(7-11-1-2-14(26-11)22(24)25)4-3-13(12)19-15(20-16)10-5-17-9-18-6-10/h1-2,5-6,9H,3-4,7-8H2,(H,19,20,23). The molecule has 10 heteroatoms.